The minimum Gasteiger partial charge on any atom is -0.354 e. The van der Waals surface area contributed by atoms with Crippen LogP contribution in [0.15, 0.2) is 24.3 Å². The number of nitrogens with one attached hydrogen (secondary N) is 1. The van der Waals surface area contributed by atoms with Crippen LogP contribution in [0, 0.1) is 0 Å². The van der Waals surface area contributed by atoms with Crippen LogP contribution in [0.4, 0.5) is 0 Å². The van der Waals surface area contributed by atoms with E-state index in [-0.39, 0.29) is 11.3 Å². The van der Waals surface area contributed by atoms with Crippen molar-refractivity contribution in [1.29, 1.82) is 0 Å². The molecule has 0 bridgehead atoms. The zero-order valence-electron chi connectivity index (χ0n) is 12.5. The highest BCUT2D eigenvalue weighted by molar-refractivity contribution is 5.81. The average Bonchev–Trinajstić information content (AvgIpc) is 2.37. The summed E-state index contributed by atoms with van der Waals surface area (Å²) in [4.78, 5) is 11.5. The van der Waals surface area contributed by atoms with Gasteiger partial charge >= 0.3 is 0 Å². The summed E-state index contributed by atoms with van der Waals surface area (Å²) < 4.78 is 0. The molecule has 0 aliphatic rings. The zero-order valence-corrected chi connectivity index (χ0v) is 12.5. The molecule has 3 nitrogen and oxygen atoms in total. The number of benzene rings is 1. The van der Waals surface area contributed by atoms with E-state index in [0.717, 1.165) is 12.8 Å². The molecule has 3 N–H and O–H groups in total. The number of aryl methyl sites for hydroxylation is 1. The molecular weight excluding hydrogens is 236 g/mol. The third-order valence-electron chi connectivity index (χ3n) is 3.39. The highest BCUT2D eigenvalue weighted by Crippen LogP contribution is 2.23. The van der Waals surface area contributed by atoms with Crippen LogP contribution in [0.1, 0.15) is 45.2 Å². The molecule has 19 heavy (non-hydrogen) atoms. The number of amides is 1. The zero-order chi connectivity index (χ0) is 14.5. The van der Waals surface area contributed by atoms with Crippen molar-refractivity contribution in [2.75, 3.05) is 6.54 Å². The number of rotatable bonds is 6. The van der Waals surface area contributed by atoms with Crippen LogP contribution in [-0.4, -0.2) is 18.5 Å². The standard InChI is InChI=1S/C16H26N2O/c1-5-6-13-7-9-14(10-8-13)16(3,4)11-18-15(19)12(2)17/h7-10,12H,5-6,11,17H2,1-4H3,(H,18,19). The van der Waals surface area contributed by atoms with Gasteiger partial charge in [-0.2, -0.15) is 0 Å². The van der Waals surface area contributed by atoms with Crippen molar-refractivity contribution in [3.05, 3.63) is 35.4 Å². The lowest BCUT2D eigenvalue weighted by Gasteiger charge is -2.26. The second-order valence-corrected chi connectivity index (χ2v) is 5.84. The molecule has 0 saturated carbocycles. The molecule has 1 aromatic rings. The monoisotopic (exact) mass is 262 g/mol. The minimum atomic E-state index is -0.456. The number of hydrogen-bond acceptors (Lipinski definition) is 2. The van der Waals surface area contributed by atoms with Crippen molar-refractivity contribution in [1.82, 2.24) is 5.32 Å². The number of carbonyl (C=O) groups is 1. The molecule has 106 valence electrons. The van der Waals surface area contributed by atoms with E-state index in [1.54, 1.807) is 6.92 Å². The van der Waals surface area contributed by atoms with Gasteiger partial charge in [0, 0.05) is 12.0 Å². The molecule has 1 rings (SSSR count). The van der Waals surface area contributed by atoms with Gasteiger partial charge in [-0.15, -0.1) is 0 Å². The lowest BCUT2D eigenvalue weighted by molar-refractivity contribution is -0.122. The molecule has 0 saturated heterocycles. The minimum absolute atomic E-state index is 0.0880. The largest absolute Gasteiger partial charge is 0.354 e. The average molecular weight is 262 g/mol. The van der Waals surface area contributed by atoms with E-state index in [1.807, 2.05) is 0 Å². The second-order valence-electron chi connectivity index (χ2n) is 5.84. The van der Waals surface area contributed by atoms with E-state index in [9.17, 15) is 4.79 Å². The molecule has 0 heterocycles. The van der Waals surface area contributed by atoms with E-state index < -0.39 is 6.04 Å². The van der Waals surface area contributed by atoms with Crippen LogP contribution in [0.3, 0.4) is 0 Å². The van der Waals surface area contributed by atoms with Crippen molar-refractivity contribution in [3.63, 3.8) is 0 Å². The molecule has 1 aromatic carbocycles. The first kappa shape index (κ1) is 15.7. The van der Waals surface area contributed by atoms with Crippen LogP contribution in [0.2, 0.25) is 0 Å². The summed E-state index contributed by atoms with van der Waals surface area (Å²) in [6.07, 6.45) is 2.27. The Kier molecular flexibility index (Phi) is 5.55. The molecule has 3 heteroatoms. The first-order valence-electron chi connectivity index (χ1n) is 6.99. The summed E-state index contributed by atoms with van der Waals surface area (Å²) in [6.45, 7) is 8.73. The Labute approximate surface area is 116 Å². The number of hydrogen-bond donors (Lipinski definition) is 2. The third kappa shape index (κ3) is 4.67. The molecule has 0 spiro atoms. The van der Waals surface area contributed by atoms with E-state index in [0.29, 0.717) is 6.54 Å². The highest BCUT2D eigenvalue weighted by atomic mass is 16.2. The van der Waals surface area contributed by atoms with Gasteiger partial charge in [-0.3, -0.25) is 4.79 Å². The van der Waals surface area contributed by atoms with E-state index >= 15 is 0 Å². The Morgan fingerprint density at radius 1 is 1.32 bits per heavy atom. The Hall–Kier alpha value is -1.35. The predicted molar refractivity (Wildman–Crippen MR) is 80.1 cm³/mol. The van der Waals surface area contributed by atoms with E-state index in [4.69, 9.17) is 5.73 Å². The van der Waals surface area contributed by atoms with Gasteiger partial charge in [-0.25, -0.2) is 0 Å². The lowest BCUT2D eigenvalue weighted by Crippen LogP contribution is -2.43. The number of carbonyl (C=O) groups excluding carboxylic acids is 1. The fraction of sp³-hybridized carbons (Fsp3) is 0.562. The van der Waals surface area contributed by atoms with Crippen molar-refractivity contribution in [3.8, 4) is 0 Å². The van der Waals surface area contributed by atoms with Gasteiger partial charge in [0.1, 0.15) is 0 Å². The van der Waals surface area contributed by atoms with Crippen LogP contribution >= 0.6 is 0 Å². The van der Waals surface area contributed by atoms with Gasteiger partial charge in [0.15, 0.2) is 0 Å². The summed E-state index contributed by atoms with van der Waals surface area (Å²) in [5.74, 6) is -0.101. The maximum atomic E-state index is 11.5. The Balaban J connectivity index is 2.68. The molecule has 0 radical (unpaired) electrons. The normalized spacial score (nSPS) is 13.1. The summed E-state index contributed by atoms with van der Waals surface area (Å²) in [5.41, 5.74) is 8.05. The molecule has 0 aromatic heterocycles. The Morgan fingerprint density at radius 2 is 1.89 bits per heavy atom. The Morgan fingerprint density at radius 3 is 2.37 bits per heavy atom. The maximum absolute atomic E-state index is 11.5. The fourth-order valence-electron chi connectivity index (χ4n) is 1.98. The van der Waals surface area contributed by atoms with Crippen LogP contribution in [0.5, 0.6) is 0 Å². The fourth-order valence-corrected chi connectivity index (χ4v) is 1.98. The molecule has 1 unspecified atom stereocenters. The van der Waals surface area contributed by atoms with Crippen LogP contribution in [0.25, 0.3) is 0 Å². The van der Waals surface area contributed by atoms with E-state index in [1.165, 1.54) is 11.1 Å². The SMILES string of the molecule is CCCc1ccc(C(C)(C)CNC(=O)C(C)N)cc1. The lowest BCUT2D eigenvalue weighted by atomic mass is 9.84. The quantitative estimate of drug-likeness (QED) is 0.827. The molecule has 0 aliphatic carbocycles. The van der Waals surface area contributed by atoms with Gasteiger partial charge in [0.25, 0.3) is 0 Å². The summed E-state index contributed by atoms with van der Waals surface area (Å²) in [5, 5.41) is 2.90. The van der Waals surface area contributed by atoms with Crippen molar-refractivity contribution in [2.45, 2.75) is 52.0 Å². The first-order valence-corrected chi connectivity index (χ1v) is 6.99. The van der Waals surface area contributed by atoms with Gasteiger partial charge in [-0.05, 0) is 24.5 Å². The highest BCUT2D eigenvalue weighted by Gasteiger charge is 2.22. The summed E-state index contributed by atoms with van der Waals surface area (Å²) in [6, 6.07) is 8.20. The summed E-state index contributed by atoms with van der Waals surface area (Å²) >= 11 is 0. The third-order valence-corrected chi connectivity index (χ3v) is 3.39. The topological polar surface area (TPSA) is 55.1 Å². The predicted octanol–water partition coefficient (Wildman–Crippen LogP) is 2.38. The van der Waals surface area contributed by atoms with E-state index in [2.05, 4.69) is 50.4 Å². The van der Waals surface area contributed by atoms with Crippen LogP contribution < -0.4 is 11.1 Å². The Bertz CT molecular complexity index is 407. The molecule has 1 atom stereocenters. The van der Waals surface area contributed by atoms with Gasteiger partial charge in [0.05, 0.1) is 6.04 Å². The molecule has 0 fully saturated rings. The smallest absolute Gasteiger partial charge is 0.236 e. The maximum Gasteiger partial charge on any atom is 0.236 e. The van der Waals surface area contributed by atoms with Gasteiger partial charge in [0.2, 0.25) is 5.91 Å². The molecule has 1 amide bonds. The van der Waals surface area contributed by atoms with Gasteiger partial charge < -0.3 is 11.1 Å². The first-order chi connectivity index (χ1) is 8.86. The summed E-state index contributed by atoms with van der Waals surface area (Å²) in [7, 11) is 0. The van der Waals surface area contributed by atoms with Crippen LogP contribution in [-0.2, 0) is 16.6 Å². The second kappa shape index (κ2) is 6.71. The van der Waals surface area contributed by atoms with Crippen molar-refractivity contribution >= 4 is 5.91 Å². The number of nitrogens with two attached hydrogens (primary N) is 1. The van der Waals surface area contributed by atoms with Gasteiger partial charge in [-0.1, -0.05) is 51.5 Å². The van der Waals surface area contributed by atoms with Crippen molar-refractivity contribution in [2.24, 2.45) is 5.73 Å². The molecule has 0 aliphatic heterocycles. The molecular formula is C16H26N2O. The van der Waals surface area contributed by atoms with Crippen molar-refractivity contribution < 1.29 is 4.79 Å².